The van der Waals surface area contributed by atoms with Crippen LogP contribution in [0, 0.1) is 10.1 Å². The first-order chi connectivity index (χ1) is 14.1. The number of anilines is 1. The highest BCUT2D eigenvalue weighted by Crippen LogP contribution is 2.33. The Morgan fingerprint density at radius 1 is 1.23 bits per heavy atom. The average molecular weight is 458 g/mol. The molecule has 162 valence electrons. The van der Waals surface area contributed by atoms with Crippen LogP contribution in [0.5, 0.6) is 11.5 Å². The zero-order valence-electron chi connectivity index (χ0n) is 16.2. The average Bonchev–Trinajstić information content (AvgIpc) is 2.69. The van der Waals surface area contributed by atoms with E-state index in [-0.39, 0.29) is 30.3 Å². The number of carbonyl (C=O) groups excluding carboxylic acids is 1. The highest BCUT2D eigenvalue weighted by Gasteiger charge is 2.26. The Hall–Kier alpha value is -3.05. The largest absolute Gasteiger partial charge is 0.495 e. The quantitative estimate of drug-likeness (QED) is 0.329. The Morgan fingerprint density at radius 2 is 1.93 bits per heavy atom. The molecule has 0 saturated carbocycles. The van der Waals surface area contributed by atoms with Crippen molar-refractivity contribution in [2.75, 3.05) is 37.4 Å². The standard InChI is InChI=1S/C18H20ClN3O7S/c1-28-17-8-7-13(22(24)25)11-15(17)21(30(2,26)27)12-18(23)20-9-10-29-16-6-4-3-5-14(16)19/h3-8,11H,9-10,12H2,1-2H3,(H,20,23). The summed E-state index contributed by atoms with van der Waals surface area (Å²) in [7, 11) is -2.66. The van der Waals surface area contributed by atoms with Gasteiger partial charge in [-0.1, -0.05) is 23.7 Å². The zero-order chi connectivity index (χ0) is 22.3. The van der Waals surface area contributed by atoms with Gasteiger partial charge in [-0.2, -0.15) is 0 Å². The van der Waals surface area contributed by atoms with E-state index in [9.17, 15) is 23.3 Å². The van der Waals surface area contributed by atoms with Crippen molar-refractivity contribution in [2.24, 2.45) is 0 Å². The number of nitrogens with zero attached hydrogens (tertiary/aromatic N) is 2. The topological polar surface area (TPSA) is 128 Å². The van der Waals surface area contributed by atoms with E-state index in [1.165, 1.54) is 19.2 Å². The van der Waals surface area contributed by atoms with Gasteiger partial charge in [0.1, 0.15) is 30.3 Å². The monoisotopic (exact) mass is 457 g/mol. The van der Waals surface area contributed by atoms with Gasteiger partial charge >= 0.3 is 0 Å². The van der Waals surface area contributed by atoms with E-state index in [1.54, 1.807) is 24.3 Å². The summed E-state index contributed by atoms with van der Waals surface area (Å²) in [6.07, 6.45) is 0.888. The van der Waals surface area contributed by atoms with Crippen molar-refractivity contribution in [3.8, 4) is 11.5 Å². The highest BCUT2D eigenvalue weighted by atomic mass is 35.5. The van der Waals surface area contributed by atoms with Crippen molar-refractivity contribution in [3.63, 3.8) is 0 Å². The molecule has 0 heterocycles. The van der Waals surface area contributed by atoms with Crippen LogP contribution in [0.4, 0.5) is 11.4 Å². The number of sulfonamides is 1. The second-order valence-electron chi connectivity index (χ2n) is 6.01. The Balaban J connectivity index is 2.08. The molecule has 0 aromatic heterocycles. The van der Waals surface area contributed by atoms with Crippen molar-refractivity contribution >= 4 is 38.9 Å². The van der Waals surface area contributed by atoms with Crippen molar-refractivity contribution < 1.29 is 27.6 Å². The van der Waals surface area contributed by atoms with Crippen molar-refractivity contribution in [3.05, 3.63) is 57.6 Å². The van der Waals surface area contributed by atoms with E-state index in [0.29, 0.717) is 10.8 Å². The normalized spacial score (nSPS) is 10.9. The molecule has 0 aliphatic heterocycles. The minimum absolute atomic E-state index is 0.0703. The number of halogens is 1. The van der Waals surface area contributed by atoms with Crippen molar-refractivity contribution in [1.29, 1.82) is 0 Å². The molecule has 1 N–H and O–H groups in total. The number of non-ortho nitro benzene ring substituents is 1. The third-order valence-corrected chi connectivity index (χ3v) is 5.29. The number of ether oxygens (including phenoxy) is 2. The highest BCUT2D eigenvalue weighted by molar-refractivity contribution is 7.92. The molecule has 0 spiro atoms. The number of nitrogens with one attached hydrogen (secondary N) is 1. The van der Waals surface area contributed by atoms with Crippen LogP contribution in [0.15, 0.2) is 42.5 Å². The first kappa shape index (κ1) is 23.2. The Labute approximate surface area is 178 Å². The molecule has 0 unspecified atom stereocenters. The number of nitro groups is 1. The van der Waals surface area contributed by atoms with Gasteiger partial charge in [0.05, 0.1) is 29.9 Å². The van der Waals surface area contributed by atoms with E-state index >= 15 is 0 Å². The van der Waals surface area contributed by atoms with Crippen molar-refractivity contribution in [2.45, 2.75) is 0 Å². The molecule has 0 fully saturated rings. The maximum Gasteiger partial charge on any atom is 0.271 e. The summed E-state index contributed by atoms with van der Waals surface area (Å²) >= 11 is 5.97. The number of methoxy groups -OCH3 is 1. The number of hydrogen-bond acceptors (Lipinski definition) is 7. The van der Waals surface area contributed by atoms with Gasteiger partial charge in [0, 0.05) is 12.1 Å². The fourth-order valence-electron chi connectivity index (χ4n) is 2.47. The third-order valence-electron chi connectivity index (χ3n) is 3.85. The minimum Gasteiger partial charge on any atom is -0.495 e. The lowest BCUT2D eigenvalue weighted by molar-refractivity contribution is -0.384. The summed E-state index contributed by atoms with van der Waals surface area (Å²) in [6, 6.07) is 10.3. The minimum atomic E-state index is -3.95. The van der Waals surface area contributed by atoms with Crippen LogP contribution < -0.4 is 19.1 Å². The van der Waals surface area contributed by atoms with E-state index in [2.05, 4.69) is 5.32 Å². The number of carbonyl (C=O) groups is 1. The summed E-state index contributed by atoms with van der Waals surface area (Å²) in [5.74, 6) is -0.106. The molecule has 0 atom stereocenters. The predicted octanol–water partition coefficient (Wildman–Crippen LogP) is 2.22. The molecule has 0 aliphatic carbocycles. The van der Waals surface area contributed by atoms with Crippen molar-refractivity contribution in [1.82, 2.24) is 5.32 Å². The van der Waals surface area contributed by atoms with Crippen LogP contribution >= 0.6 is 11.6 Å². The van der Waals surface area contributed by atoms with Gasteiger partial charge in [-0.15, -0.1) is 0 Å². The van der Waals surface area contributed by atoms with Gasteiger partial charge in [0.2, 0.25) is 15.9 Å². The van der Waals surface area contributed by atoms with Crippen LogP contribution in [-0.4, -0.2) is 52.3 Å². The number of amides is 1. The summed E-state index contributed by atoms with van der Waals surface area (Å²) in [6.45, 7) is -0.398. The van der Waals surface area contributed by atoms with E-state index in [0.717, 1.165) is 16.6 Å². The molecule has 2 rings (SSSR count). The molecule has 2 aromatic rings. The summed E-state index contributed by atoms with van der Waals surface area (Å²) in [4.78, 5) is 22.7. The number of rotatable bonds is 10. The summed E-state index contributed by atoms with van der Waals surface area (Å²) < 4.78 is 35.8. The fourth-order valence-corrected chi connectivity index (χ4v) is 3.51. The molecule has 12 heteroatoms. The SMILES string of the molecule is COc1ccc([N+](=O)[O-])cc1N(CC(=O)NCCOc1ccccc1Cl)S(C)(=O)=O. The maximum absolute atomic E-state index is 12.3. The molecular weight excluding hydrogens is 438 g/mol. The lowest BCUT2D eigenvalue weighted by atomic mass is 10.2. The lowest BCUT2D eigenvalue weighted by Gasteiger charge is -2.23. The fraction of sp³-hybridized carbons (Fsp3) is 0.278. The summed E-state index contributed by atoms with van der Waals surface area (Å²) in [5, 5.41) is 14.0. The second kappa shape index (κ2) is 10.1. The van der Waals surface area contributed by atoms with Gasteiger partial charge in [-0.25, -0.2) is 8.42 Å². The lowest BCUT2D eigenvalue weighted by Crippen LogP contribution is -2.41. The maximum atomic E-state index is 12.3. The molecule has 0 saturated heterocycles. The molecular formula is C18H20ClN3O7S. The van der Waals surface area contributed by atoms with Gasteiger partial charge in [-0.3, -0.25) is 19.2 Å². The molecule has 0 bridgehead atoms. The number of benzene rings is 2. The smallest absolute Gasteiger partial charge is 0.271 e. The van der Waals surface area contributed by atoms with E-state index in [1.807, 2.05) is 0 Å². The van der Waals surface area contributed by atoms with Gasteiger partial charge in [0.15, 0.2) is 0 Å². The van der Waals surface area contributed by atoms with E-state index < -0.39 is 27.4 Å². The number of hydrogen-bond donors (Lipinski definition) is 1. The molecule has 10 nitrogen and oxygen atoms in total. The van der Waals surface area contributed by atoms with E-state index in [4.69, 9.17) is 21.1 Å². The zero-order valence-corrected chi connectivity index (χ0v) is 17.8. The number of para-hydroxylation sites is 1. The Morgan fingerprint density at radius 3 is 2.53 bits per heavy atom. The molecule has 30 heavy (non-hydrogen) atoms. The van der Waals surface area contributed by atoms with Crippen LogP contribution in [0.25, 0.3) is 0 Å². The van der Waals surface area contributed by atoms with Gasteiger partial charge < -0.3 is 14.8 Å². The molecule has 0 aliphatic rings. The van der Waals surface area contributed by atoms with Gasteiger partial charge in [0.25, 0.3) is 5.69 Å². The second-order valence-corrected chi connectivity index (χ2v) is 8.33. The van der Waals surface area contributed by atoms with Crippen LogP contribution in [-0.2, 0) is 14.8 Å². The molecule has 2 aromatic carbocycles. The summed E-state index contributed by atoms with van der Waals surface area (Å²) in [5.41, 5.74) is -0.454. The third kappa shape index (κ3) is 6.22. The Bertz CT molecular complexity index is 1030. The first-order valence-corrected chi connectivity index (χ1v) is 10.8. The van der Waals surface area contributed by atoms with Crippen LogP contribution in [0.3, 0.4) is 0 Å². The molecule has 0 radical (unpaired) electrons. The van der Waals surface area contributed by atoms with Gasteiger partial charge in [-0.05, 0) is 18.2 Å². The predicted molar refractivity (Wildman–Crippen MR) is 112 cm³/mol. The number of nitro benzene ring substituents is 1. The van der Waals surface area contributed by atoms with Crippen LogP contribution in [0.1, 0.15) is 0 Å². The molecule has 1 amide bonds. The first-order valence-electron chi connectivity index (χ1n) is 8.57. The Kier molecular flexibility index (Phi) is 7.84. The van der Waals surface area contributed by atoms with Crippen LogP contribution in [0.2, 0.25) is 5.02 Å².